The van der Waals surface area contributed by atoms with Gasteiger partial charge in [0, 0.05) is 0 Å². The van der Waals surface area contributed by atoms with Crippen LogP contribution in [0.5, 0.6) is 0 Å². The number of hydrogen-bond acceptors (Lipinski definition) is 2. The zero-order valence-corrected chi connectivity index (χ0v) is 8.92. The van der Waals surface area contributed by atoms with Crippen LogP contribution in [0.25, 0.3) is 0 Å². The third-order valence-electron chi connectivity index (χ3n) is 1.95. The molecule has 0 aromatic heterocycles. The molecule has 0 aliphatic heterocycles. The van der Waals surface area contributed by atoms with E-state index in [1.807, 2.05) is 5.32 Å². The second kappa shape index (κ2) is 5.23. The van der Waals surface area contributed by atoms with Crippen molar-refractivity contribution < 1.29 is 18.7 Å². The van der Waals surface area contributed by atoms with Crippen molar-refractivity contribution in [3.63, 3.8) is 0 Å². The summed E-state index contributed by atoms with van der Waals surface area (Å²) in [5, 5.41) is 6.97. The van der Waals surface area contributed by atoms with E-state index >= 15 is 0 Å². The Balaban J connectivity index is 2.75. The molecule has 1 aromatic carbocycles. The fraction of sp³-hybridized carbons (Fsp3) is 0.300. The van der Waals surface area contributed by atoms with Crippen molar-refractivity contribution in [1.29, 1.82) is 0 Å². The Kier molecular flexibility index (Phi) is 4.20. The molecular weight excluding hydrogens is 240 g/mol. The maximum atomic E-state index is 12.4. The summed E-state index contributed by atoms with van der Waals surface area (Å²) in [4.78, 5) is 10.9. The molecule has 0 saturated carbocycles. The quantitative estimate of drug-likeness (QED) is 0.798. The molecule has 0 aliphatic carbocycles. The predicted molar refractivity (Wildman–Crippen MR) is 55.2 cm³/mol. The average Bonchev–Trinajstić information content (AvgIpc) is 2.25. The van der Waals surface area contributed by atoms with Crippen LogP contribution >= 0.6 is 11.6 Å². The van der Waals surface area contributed by atoms with Crippen molar-refractivity contribution in [2.24, 2.45) is 0 Å². The van der Waals surface area contributed by atoms with E-state index in [9.17, 15) is 13.6 Å². The maximum absolute atomic E-state index is 12.4. The van der Waals surface area contributed by atoms with Gasteiger partial charge in [-0.05, 0) is 17.2 Å². The summed E-state index contributed by atoms with van der Waals surface area (Å²) in [6.07, 6.45) is 0. The first-order valence-corrected chi connectivity index (χ1v) is 4.86. The van der Waals surface area contributed by atoms with Gasteiger partial charge in [0.25, 0.3) is 0 Å². The molecule has 0 aliphatic rings. The minimum Gasteiger partial charge on any atom is -0.394 e. The van der Waals surface area contributed by atoms with E-state index in [2.05, 4.69) is 11.6 Å². The van der Waals surface area contributed by atoms with E-state index in [1.165, 1.54) is 0 Å². The van der Waals surface area contributed by atoms with Crippen LogP contribution in [-0.2, 0) is 4.79 Å². The fourth-order valence-electron chi connectivity index (χ4n) is 1.16. The summed E-state index contributed by atoms with van der Waals surface area (Å²) in [5.41, 5.74) is 0.527. The van der Waals surface area contributed by atoms with Crippen LogP contribution in [0.15, 0.2) is 30.3 Å². The van der Waals surface area contributed by atoms with E-state index < -0.39 is 23.9 Å². The number of alkyl halides is 3. The lowest BCUT2D eigenvalue weighted by Gasteiger charge is -2.18. The second-order valence-electron chi connectivity index (χ2n) is 3.12. The third-order valence-corrected chi connectivity index (χ3v) is 2.12. The number of halogens is 3. The Morgan fingerprint density at radius 1 is 1.44 bits per heavy atom. The standard InChI is InChI=1S/C10H10ClF2NO2/c11-10(12,13)9(16)14-8(6-15)7-4-2-1-3-5-7/h1-5,8,15H,6H2,(H,14,16)/t8-/m1/s1. The van der Waals surface area contributed by atoms with E-state index in [4.69, 9.17) is 5.11 Å². The molecule has 0 radical (unpaired) electrons. The van der Waals surface area contributed by atoms with Gasteiger partial charge in [-0.25, -0.2) is 0 Å². The SMILES string of the molecule is O=C(N[C@H](CO)c1ccccc1)C(F)(F)Cl. The van der Waals surface area contributed by atoms with E-state index in [1.54, 1.807) is 30.3 Å². The highest BCUT2D eigenvalue weighted by molar-refractivity contribution is 6.32. The van der Waals surface area contributed by atoms with Crippen LogP contribution in [0.1, 0.15) is 11.6 Å². The van der Waals surface area contributed by atoms with Crippen molar-refractivity contribution in [1.82, 2.24) is 5.32 Å². The molecule has 1 aromatic rings. The van der Waals surface area contributed by atoms with Crippen LogP contribution < -0.4 is 5.32 Å². The zero-order valence-electron chi connectivity index (χ0n) is 8.16. The maximum Gasteiger partial charge on any atom is 0.399 e. The predicted octanol–water partition coefficient (Wildman–Crippen LogP) is 1.67. The van der Waals surface area contributed by atoms with E-state index in [-0.39, 0.29) is 0 Å². The number of nitrogens with one attached hydrogen (secondary N) is 1. The largest absolute Gasteiger partial charge is 0.399 e. The summed E-state index contributed by atoms with van der Waals surface area (Å²) >= 11 is 4.55. The van der Waals surface area contributed by atoms with Crippen LogP contribution in [0.3, 0.4) is 0 Å². The molecule has 16 heavy (non-hydrogen) atoms. The van der Waals surface area contributed by atoms with Gasteiger partial charge in [-0.15, -0.1) is 0 Å². The highest BCUT2D eigenvalue weighted by atomic mass is 35.5. The van der Waals surface area contributed by atoms with Crippen LogP contribution in [0.2, 0.25) is 0 Å². The molecule has 0 spiro atoms. The lowest BCUT2D eigenvalue weighted by molar-refractivity contribution is -0.136. The summed E-state index contributed by atoms with van der Waals surface area (Å²) in [6.45, 7) is -0.483. The van der Waals surface area contributed by atoms with Crippen LogP contribution in [0, 0.1) is 0 Å². The monoisotopic (exact) mass is 249 g/mol. The highest BCUT2D eigenvalue weighted by Gasteiger charge is 2.37. The average molecular weight is 250 g/mol. The molecule has 1 amide bonds. The molecule has 0 fully saturated rings. The molecular formula is C10H10ClF2NO2. The highest BCUT2D eigenvalue weighted by Crippen LogP contribution is 2.21. The van der Waals surface area contributed by atoms with Crippen molar-refractivity contribution in [2.45, 2.75) is 11.4 Å². The Hall–Kier alpha value is -1.20. The van der Waals surface area contributed by atoms with Gasteiger partial charge >= 0.3 is 11.3 Å². The second-order valence-corrected chi connectivity index (χ2v) is 3.59. The Morgan fingerprint density at radius 3 is 2.44 bits per heavy atom. The fourth-order valence-corrected chi connectivity index (χ4v) is 1.21. The zero-order chi connectivity index (χ0) is 12.2. The number of aliphatic hydroxyl groups excluding tert-OH is 1. The number of carbonyl (C=O) groups is 1. The van der Waals surface area contributed by atoms with Crippen LogP contribution in [-0.4, -0.2) is 23.0 Å². The van der Waals surface area contributed by atoms with Gasteiger partial charge in [0.1, 0.15) is 0 Å². The number of amides is 1. The molecule has 1 atom stereocenters. The summed E-state index contributed by atoms with van der Waals surface area (Å²) in [6, 6.07) is 7.39. The lowest BCUT2D eigenvalue weighted by atomic mass is 10.1. The molecule has 6 heteroatoms. The van der Waals surface area contributed by atoms with E-state index in [0.717, 1.165) is 0 Å². The van der Waals surface area contributed by atoms with Crippen LogP contribution in [0.4, 0.5) is 8.78 Å². The minimum atomic E-state index is -3.97. The molecule has 0 saturated heterocycles. The van der Waals surface area contributed by atoms with Gasteiger partial charge in [-0.1, -0.05) is 30.3 Å². The Morgan fingerprint density at radius 2 is 2.00 bits per heavy atom. The van der Waals surface area contributed by atoms with Gasteiger partial charge in [-0.3, -0.25) is 4.79 Å². The smallest absolute Gasteiger partial charge is 0.394 e. The van der Waals surface area contributed by atoms with Crippen molar-refractivity contribution in [3.05, 3.63) is 35.9 Å². The van der Waals surface area contributed by atoms with Gasteiger partial charge in [-0.2, -0.15) is 8.78 Å². The third kappa shape index (κ3) is 3.43. The normalized spacial score (nSPS) is 13.2. The Bertz CT molecular complexity index is 354. The van der Waals surface area contributed by atoms with Crippen molar-refractivity contribution in [2.75, 3.05) is 6.61 Å². The molecule has 3 nitrogen and oxygen atoms in total. The number of carbonyl (C=O) groups excluding carboxylic acids is 1. The lowest BCUT2D eigenvalue weighted by Crippen LogP contribution is -2.39. The minimum absolute atomic E-state index is 0.483. The summed E-state index contributed by atoms with van der Waals surface area (Å²) in [5.74, 6) is -1.63. The molecule has 88 valence electrons. The summed E-state index contributed by atoms with van der Waals surface area (Å²) in [7, 11) is 0. The van der Waals surface area contributed by atoms with Gasteiger partial charge in [0.15, 0.2) is 0 Å². The number of aliphatic hydroxyl groups is 1. The number of hydrogen-bond donors (Lipinski definition) is 2. The van der Waals surface area contributed by atoms with Gasteiger partial charge < -0.3 is 10.4 Å². The summed E-state index contributed by atoms with van der Waals surface area (Å²) < 4.78 is 24.8. The molecule has 0 unspecified atom stereocenters. The van der Waals surface area contributed by atoms with E-state index in [0.29, 0.717) is 5.56 Å². The number of benzene rings is 1. The number of rotatable bonds is 4. The first-order chi connectivity index (χ1) is 7.45. The molecule has 0 bridgehead atoms. The molecule has 2 N–H and O–H groups in total. The van der Waals surface area contributed by atoms with Gasteiger partial charge in [0.2, 0.25) is 0 Å². The first-order valence-electron chi connectivity index (χ1n) is 4.48. The first kappa shape index (κ1) is 12.9. The molecule has 0 heterocycles. The Labute approximate surface area is 96.0 Å². The van der Waals surface area contributed by atoms with Crippen molar-refractivity contribution in [3.8, 4) is 0 Å². The van der Waals surface area contributed by atoms with Crippen molar-refractivity contribution >= 4 is 17.5 Å². The van der Waals surface area contributed by atoms with Gasteiger partial charge in [0.05, 0.1) is 12.6 Å². The topological polar surface area (TPSA) is 49.3 Å². The molecule has 1 rings (SSSR count).